The van der Waals surface area contributed by atoms with E-state index in [-0.39, 0.29) is 5.91 Å². The van der Waals surface area contributed by atoms with Gasteiger partial charge < -0.3 is 10.2 Å². The van der Waals surface area contributed by atoms with E-state index in [9.17, 15) is 4.79 Å². The SMILES string of the molecule is CCc1cccc(C)c1Nc1cnc(C(=O)N(CC)Cc2ccccc2)cn1. The molecule has 1 N–H and O–H groups in total. The van der Waals surface area contributed by atoms with E-state index in [1.54, 1.807) is 17.3 Å². The van der Waals surface area contributed by atoms with Crippen LogP contribution in [0, 0.1) is 6.92 Å². The number of amides is 1. The van der Waals surface area contributed by atoms with Gasteiger partial charge in [0.1, 0.15) is 11.5 Å². The van der Waals surface area contributed by atoms with Gasteiger partial charge in [-0.2, -0.15) is 0 Å². The molecule has 1 amide bonds. The van der Waals surface area contributed by atoms with Crippen LogP contribution in [0.4, 0.5) is 11.5 Å². The number of para-hydroxylation sites is 1. The molecule has 2 aromatic carbocycles. The van der Waals surface area contributed by atoms with E-state index in [1.807, 2.05) is 37.3 Å². The van der Waals surface area contributed by atoms with Crippen molar-refractivity contribution in [1.29, 1.82) is 0 Å². The Morgan fingerprint density at radius 3 is 2.43 bits per heavy atom. The molecule has 0 saturated heterocycles. The summed E-state index contributed by atoms with van der Waals surface area (Å²) in [5.41, 5.74) is 4.88. The minimum absolute atomic E-state index is 0.115. The highest BCUT2D eigenvalue weighted by Crippen LogP contribution is 2.24. The van der Waals surface area contributed by atoms with Crippen LogP contribution in [0.2, 0.25) is 0 Å². The van der Waals surface area contributed by atoms with Gasteiger partial charge in [-0.3, -0.25) is 4.79 Å². The lowest BCUT2D eigenvalue weighted by atomic mass is 10.1. The van der Waals surface area contributed by atoms with Crippen LogP contribution in [0.5, 0.6) is 0 Å². The summed E-state index contributed by atoms with van der Waals surface area (Å²) in [6, 6.07) is 16.2. The fourth-order valence-corrected chi connectivity index (χ4v) is 3.13. The summed E-state index contributed by atoms with van der Waals surface area (Å²) in [6.45, 7) is 7.32. The molecule has 0 spiro atoms. The predicted molar refractivity (Wildman–Crippen MR) is 113 cm³/mol. The van der Waals surface area contributed by atoms with Crippen LogP contribution in [-0.2, 0) is 13.0 Å². The zero-order valence-electron chi connectivity index (χ0n) is 16.6. The van der Waals surface area contributed by atoms with Crippen molar-refractivity contribution >= 4 is 17.4 Å². The Morgan fingerprint density at radius 2 is 1.79 bits per heavy atom. The van der Waals surface area contributed by atoms with Crippen LogP contribution in [0.15, 0.2) is 60.9 Å². The lowest BCUT2D eigenvalue weighted by Crippen LogP contribution is -2.31. The van der Waals surface area contributed by atoms with Crippen molar-refractivity contribution in [3.05, 3.63) is 83.3 Å². The van der Waals surface area contributed by atoms with Gasteiger partial charge in [0.15, 0.2) is 0 Å². The van der Waals surface area contributed by atoms with Crippen molar-refractivity contribution < 1.29 is 4.79 Å². The number of hydrogen-bond donors (Lipinski definition) is 1. The molecule has 0 bridgehead atoms. The number of benzene rings is 2. The Labute approximate surface area is 166 Å². The number of carbonyl (C=O) groups excluding carboxylic acids is 1. The van der Waals surface area contributed by atoms with Crippen LogP contribution in [-0.4, -0.2) is 27.3 Å². The average molecular weight is 374 g/mol. The molecule has 144 valence electrons. The van der Waals surface area contributed by atoms with Gasteiger partial charge in [-0.15, -0.1) is 0 Å². The molecule has 0 aliphatic rings. The zero-order chi connectivity index (χ0) is 19.9. The first-order valence-corrected chi connectivity index (χ1v) is 9.63. The smallest absolute Gasteiger partial charge is 0.274 e. The molecule has 0 atom stereocenters. The molecule has 0 fully saturated rings. The van der Waals surface area contributed by atoms with E-state index in [1.165, 1.54) is 5.56 Å². The second kappa shape index (κ2) is 9.13. The van der Waals surface area contributed by atoms with E-state index in [0.717, 1.165) is 23.2 Å². The Balaban J connectivity index is 1.74. The van der Waals surface area contributed by atoms with Crippen molar-refractivity contribution in [2.24, 2.45) is 0 Å². The molecule has 3 aromatic rings. The zero-order valence-corrected chi connectivity index (χ0v) is 16.6. The number of anilines is 2. The van der Waals surface area contributed by atoms with Crippen LogP contribution >= 0.6 is 0 Å². The fourth-order valence-electron chi connectivity index (χ4n) is 3.13. The number of aromatic nitrogens is 2. The van der Waals surface area contributed by atoms with Crippen molar-refractivity contribution in [3.63, 3.8) is 0 Å². The molecular formula is C23H26N4O. The van der Waals surface area contributed by atoms with Gasteiger partial charge in [0.25, 0.3) is 5.91 Å². The quantitative estimate of drug-likeness (QED) is 0.648. The number of nitrogens with one attached hydrogen (secondary N) is 1. The first-order chi connectivity index (χ1) is 13.6. The Kier molecular flexibility index (Phi) is 6.37. The number of nitrogens with zero attached hydrogens (tertiary/aromatic N) is 3. The molecule has 0 radical (unpaired) electrons. The Morgan fingerprint density at radius 1 is 1.00 bits per heavy atom. The van der Waals surface area contributed by atoms with Crippen molar-refractivity contribution in [1.82, 2.24) is 14.9 Å². The standard InChI is InChI=1S/C23H26N4O/c1-4-19-13-9-10-17(3)22(19)26-21-15-24-20(14-25-21)23(28)27(5-2)16-18-11-7-6-8-12-18/h6-15H,4-5,16H2,1-3H3,(H,25,26). The topological polar surface area (TPSA) is 58.1 Å². The first kappa shape index (κ1) is 19.5. The molecule has 0 aliphatic carbocycles. The summed E-state index contributed by atoms with van der Waals surface area (Å²) in [4.78, 5) is 23.3. The summed E-state index contributed by atoms with van der Waals surface area (Å²) >= 11 is 0. The normalized spacial score (nSPS) is 10.5. The molecular weight excluding hydrogens is 348 g/mol. The Hall–Kier alpha value is -3.21. The molecule has 5 heteroatoms. The second-order valence-electron chi connectivity index (χ2n) is 6.68. The predicted octanol–water partition coefficient (Wildman–Crippen LogP) is 4.75. The monoisotopic (exact) mass is 374 g/mol. The minimum Gasteiger partial charge on any atom is -0.339 e. The molecule has 0 aliphatic heterocycles. The van der Waals surface area contributed by atoms with Gasteiger partial charge in [0, 0.05) is 18.8 Å². The maximum atomic E-state index is 12.8. The van der Waals surface area contributed by atoms with Gasteiger partial charge in [-0.1, -0.05) is 55.5 Å². The maximum Gasteiger partial charge on any atom is 0.274 e. The molecule has 1 aromatic heterocycles. The summed E-state index contributed by atoms with van der Waals surface area (Å²) in [6.07, 6.45) is 4.09. The second-order valence-corrected chi connectivity index (χ2v) is 6.68. The van der Waals surface area contributed by atoms with Gasteiger partial charge in [0.2, 0.25) is 0 Å². The number of rotatable bonds is 7. The highest BCUT2D eigenvalue weighted by atomic mass is 16.2. The van der Waals surface area contributed by atoms with Gasteiger partial charge in [-0.25, -0.2) is 9.97 Å². The van der Waals surface area contributed by atoms with E-state index >= 15 is 0 Å². The van der Waals surface area contributed by atoms with Crippen molar-refractivity contribution in [2.75, 3.05) is 11.9 Å². The van der Waals surface area contributed by atoms with Gasteiger partial charge in [0.05, 0.1) is 12.4 Å². The third kappa shape index (κ3) is 4.55. The molecule has 5 nitrogen and oxygen atoms in total. The van der Waals surface area contributed by atoms with E-state index in [2.05, 4.69) is 47.3 Å². The highest BCUT2D eigenvalue weighted by Gasteiger charge is 2.16. The van der Waals surface area contributed by atoms with Crippen LogP contribution in [0.25, 0.3) is 0 Å². The third-order valence-electron chi connectivity index (χ3n) is 4.75. The lowest BCUT2D eigenvalue weighted by Gasteiger charge is -2.20. The van der Waals surface area contributed by atoms with Crippen molar-refractivity contribution in [3.8, 4) is 0 Å². The van der Waals surface area contributed by atoms with Gasteiger partial charge in [-0.05, 0) is 37.0 Å². The minimum atomic E-state index is -0.115. The number of aryl methyl sites for hydroxylation is 2. The number of carbonyl (C=O) groups is 1. The summed E-state index contributed by atoms with van der Waals surface area (Å²) < 4.78 is 0. The van der Waals surface area contributed by atoms with Crippen LogP contribution in [0.3, 0.4) is 0 Å². The summed E-state index contributed by atoms with van der Waals surface area (Å²) in [7, 11) is 0. The van der Waals surface area contributed by atoms with E-state index in [4.69, 9.17) is 0 Å². The molecule has 3 rings (SSSR count). The third-order valence-corrected chi connectivity index (χ3v) is 4.75. The van der Waals surface area contributed by atoms with E-state index < -0.39 is 0 Å². The summed E-state index contributed by atoms with van der Waals surface area (Å²) in [5.74, 6) is 0.516. The van der Waals surface area contributed by atoms with Crippen LogP contribution in [0.1, 0.15) is 41.0 Å². The van der Waals surface area contributed by atoms with E-state index in [0.29, 0.717) is 24.6 Å². The lowest BCUT2D eigenvalue weighted by molar-refractivity contribution is 0.0746. The molecule has 0 unspecified atom stereocenters. The summed E-state index contributed by atoms with van der Waals surface area (Å²) in [5, 5.41) is 3.34. The first-order valence-electron chi connectivity index (χ1n) is 9.63. The molecule has 28 heavy (non-hydrogen) atoms. The molecule has 0 saturated carbocycles. The van der Waals surface area contributed by atoms with Crippen molar-refractivity contribution in [2.45, 2.75) is 33.7 Å². The highest BCUT2D eigenvalue weighted by molar-refractivity contribution is 5.92. The Bertz CT molecular complexity index is 923. The average Bonchev–Trinajstić information content (AvgIpc) is 2.74. The maximum absolute atomic E-state index is 12.8. The molecule has 1 heterocycles. The fraction of sp³-hybridized carbons (Fsp3) is 0.261. The van der Waals surface area contributed by atoms with Crippen LogP contribution < -0.4 is 5.32 Å². The largest absolute Gasteiger partial charge is 0.339 e. The number of hydrogen-bond acceptors (Lipinski definition) is 4. The van der Waals surface area contributed by atoms with Gasteiger partial charge >= 0.3 is 0 Å².